The van der Waals surface area contributed by atoms with Gasteiger partial charge in [-0.05, 0) is 30.6 Å². The number of carboxylic acid groups (broad SMARTS) is 1. The van der Waals surface area contributed by atoms with Gasteiger partial charge >= 0.3 is 11.7 Å². The zero-order valence-corrected chi connectivity index (χ0v) is 13.0. The highest BCUT2D eigenvalue weighted by molar-refractivity contribution is 7.98. The summed E-state index contributed by atoms with van der Waals surface area (Å²) in [4.78, 5) is 20.0. The highest BCUT2D eigenvalue weighted by Gasteiger charge is 2.27. The number of nitrogens with zero attached hydrogens (tertiary/aromatic N) is 1. The Morgan fingerprint density at radius 3 is 2.68 bits per heavy atom. The zero-order chi connectivity index (χ0) is 16.9. The molecule has 1 rings (SSSR count). The summed E-state index contributed by atoms with van der Waals surface area (Å²) in [6.45, 7) is 0. The molecule has 0 unspecified atom stereocenters. The van der Waals surface area contributed by atoms with E-state index in [1.54, 1.807) is 6.26 Å². The van der Waals surface area contributed by atoms with Gasteiger partial charge in [0.25, 0.3) is 0 Å². The summed E-state index contributed by atoms with van der Waals surface area (Å²) in [5.41, 5.74) is -1.00. The van der Waals surface area contributed by atoms with Crippen LogP contribution >= 0.6 is 11.8 Å². The number of carbonyl (C=O) groups is 1. The number of halogens is 1. The predicted molar refractivity (Wildman–Crippen MR) is 77.8 cm³/mol. The maximum absolute atomic E-state index is 13.2. The number of nitro benzene ring substituents is 1. The van der Waals surface area contributed by atoms with Crippen LogP contribution in [0.3, 0.4) is 0 Å². The first-order valence-corrected chi connectivity index (χ1v) is 8.74. The summed E-state index contributed by atoms with van der Waals surface area (Å²) >= 11 is 1.34. The van der Waals surface area contributed by atoms with Crippen molar-refractivity contribution in [3.63, 3.8) is 0 Å². The second-order valence-corrected chi connectivity index (χ2v) is 6.86. The van der Waals surface area contributed by atoms with E-state index in [4.69, 9.17) is 5.11 Å². The number of nitro groups is 1. The Bertz CT molecular complexity index is 679. The summed E-state index contributed by atoms with van der Waals surface area (Å²) in [5.74, 6) is -2.14. The minimum atomic E-state index is -4.32. The molecule has 0 fully saturated rings. The Morgan fingerprint density at radius 1 is 1.55 bits per heavy atom. The van der Waals surface area contributed by atoms with Crippen LogP contribution in [-0.2, 0) is 14.8 Å². The lowest BCUT2D eigenvalue weighted by molar-refractivity contribution is -0.387. The molecule has 2 N–H and O–H groups in total. The van der Waals surface area contributed by atoms with E-state index in [9.17, 15) is 27.7 Å². The lowest BCUT2D eigenvalue weighted by Crippen LogP contribution is -2.41. The van der Waals surface area contributed by atoms with Gasteiger partial charge in [-0.15, -0.1) is 0 Å². The van der Waals surface area contributed by atoms with Crippen molar-refractivity contribution >= 4 is 33.4 Å². The number of hydrogen-bond acceptors (Lipinski definition) is 6. The highest BCUT2D eigenvalue weighted by Crippen LogP contribution is 2.21. The highest BCUT2D eigenvalue weighted by atomic mass is 32.2. The zero-order valence-electron chi connectivity index (χ0n) is 11.4. The largest absolute Gasteiger partial charge is 0.480 e. The number of nitrogens with one attached hydrogen (secondary N) is 1. The molecule has 0 aromatic heterocycles. The smallest absolute Gasteiger partial charge is 0.321 e. The minimum absolute atomic E-state index is 0.0407. The molecule has 11 heteroatoms. The molecule has 0 aliphatic heterocycles. The SMILES string of the molecule is CSCC[C@@H](NS(=O)(=O)c1ccc(F)c([N+](=O)[O-])c1)C(=O)O. The van der Waals surface area contributed by atoms with Crippen molar-refractivity contribution in [1.29, 1.82) is 0 Å². The van der Waals surface area contributed by atoms with Gasteiger partial charge in [-0.2, -0.15) is 20.9 Å². The number of benzene rings is 1. The summed E-state index contributed by atoms with van der Waals surface area (Å²) in [6, 6.07) is 0.648. The lowest BCUT2D eigenvalue weighted by Gasteiger charge is -2.14. The Hall–Kier alpha value is -1.72. The first kappa shape index (κ1) is 18.3. The lowest BCUT2D eigenvalue weighted by atomic mass is 10.2. The van der Waals surface area contributed by atoms with Crippen molar-refractivity contribution in [2.45, 2.75) is 17.4 Å². The first-order chi connectivity index (χ1) is 10.2. The molecule has 0 saturated carbocycles. The summed E-state index contributed by atoms with van der Waals surface area (Å²) in [7, 11) is -4.32. The molecular weight excluding hydrogens is 339 g/mol. The van der Waals surface area contributed by atoms with Crippen molar-refractivity contribution in [3.8, 4) is 0 Å². The molecule has 0 bridgehead atoms. The van der Waals surface area contributed by atoms with E-state index >= 15 is 0 Å². The molecule has 0 amide bonds. The van der Waals surface area contributed by atoms with Crippen LogP contribution in [0.15, 0.2) is 23.1 Å². The van der Waals surface area contributed by atoms with Crippen LogP contribution in [0.4, 0.5) is 10.1 Å². The molecule has 0 radical (unpaired) electrons. The standard InChI is InChI=1S/C11H13FN2O6S2/c1-21-5-4-9(11(15)16)13-22(19,20)7-2-3-8(12)10(6-7)14(17)18/h2-3,6,9,13H,4-5H2,1H3,(H,15,16)/t9-/m1/s1. The molecular formula is C11H13FN2O6S2. The van der Waals surface area contributed by atoms with Gasteiger partial charge in [-0.1, -0.05) is 0 Å². The van der Waals surface area contributed by atoms with Gasteiger partial charge in [-0.25, -0.2) is 8.42 Å². The van der Waals surface area contributed by atoms with Gasteiger partial charge in [0, 0.05) is 6.07 Å². The maximum atomic E-state index is 13.2. The molecule has 0 saturated heterocycles. The topological polar surface area (TPSA) is 127 Å². The van der Waals surface area contributed by atoms with Crippen molar-refractivity contribution in [2.75, 3.05) is 12.0 Å². The molecule has 22 heavy (non-hydrogen) atoms. The average Bonchev–Trinajstić information content (AvgIpc) is 2.43. The average molecular weight is 352 g/mol. The van der Waals surface area contributed by atoms with Gasteiger partial charge < -0.3 is 5.11 Å². The molecule has 0 aliphatic rings. The fourth-order valence-electron chi connectivity index (χ4n) is 1.52. The number of carboxylic acids is 1. The molecule has 0 aliphatic carbocycles. The number of thioether (sulfide) groups is 1. The second kappa shape index (κ2) is 7.51. The van der Waals surface area contributed by atoms with Crippen molar-refractivity contribution in [3.05, 3.63) is 34.1 Å². The quantitative estimate of drug-likeness (QED) is 0.532. The monoisotopic (exact) mass is 352 g/mol. The van der Waals surface area contributed by atoms with Gasteiger partial charge in [-0.3, -0.25) is 14.9 Å². The van der Waals surface area contributed by atoms with Crippen LogP contribution in [0.2, 0.25) is 0 Å². The van der Waals surface area contributed by atoms with E-state index in [0.717, 1.165) is 6.07 Å². The van der Waals surface area contributed by atoms with E-state index in [1.807, 2.05) is 4.72 Å². The van der Waals surface area contributed by atoms with Crippen LogP contribution in [0.5, 0.6) is 0 Å². The second-order valence-electron chi connectivity index (χ2n) is 4.16. The fraction of sp³-hybridized carbons (Fsp3) is 0.364. The van der Waals surface area contributed by atoms with Gasteiger partial charge in [0.2, 0.25) is 15.8 Å². The number of hydrogen-bond donors (Lipinski definition) is 2. The van der Waals surface area contributed by atoms with E-state index in [0.29, 0.717) is 17.9 Å². The van der Waals surface area contributed by atoms with E-state index in [1.165, 1.54) is 11.8 Å². The van der Waals surface area contributed by atoms with Crippen molar-refractivity contribution in [2.24, 2.45) is 0 Å². The normalized spacial score (nSPS) is 12.8. The van der Waals surface area contributed by atoms with E-state index < -0.39 is 43.4 Å². The van der Waals surface area contributed by atoms with E-state index in [2.05, 4.69) is 0 Å². The Balaban J connectivity index is 3.10. The molecule has 122 valence electrons. The first-order valence-electron chi connectivity index (χ1n) is 5.87. The molecule has 0 heterocycles. The molecule has 1 aromatic carbocycles. The fourth-order valence-corrected chi connectivity index (χ4v) is 3.24. The Morgan fingerprint density at radius 2 is 2.18 bits per heavy atom. The van der Waals surface area contributed by atoms with Crippen LogP contribution < -0.4 is 4.72 Å². The predicted octanol–water partition coefficient (Wildman–Crippen LogP) is 1.22. The van der Waals surface area contributed by atoms with Crippen molar-refractivity contribution < 1.29 is 27.6 Å². The molecule has 1 aromatic rings. The van der Waals surface area contributed by atoms with Crippen LogP contribution in [0, 0.1) is 15.9 Å². The van der Waals surface area contributed by atoms with E-state index in [-0.39, 0.29) is 6.42 Å². The molecule has 0 spiro atoms. The third-order valence-electron chi connectivity index (χ3n) is 2.63. The third kappa shape index (κ3) is 4.64. The number of aliphatic carboxylic acids is 1. The Kier molecular flexibility index (Phi) is 6.26. The third-order valence-corrected chi connectivity index (χ3v) is 4.74. The van der Waals surface area contributed by atoms with Crippen LogP contribution in [0.1, 0.15) is 6.42 Å². The van der Waals surface area contributed by atoms with Crippen molar-refractivity contribution in [1.82, 2.24) is 4.72 Å². The number of sulfonamides is 1. The molecule has 8 nitrogen and oxygen atoms in total. The summed E-state index contributed by atoms with van der Waals surface area (Å²) in [6.07, 6.45) is 1.77. The summed E-state index contributed by atoms with van der Waals surface area (Å²) in [5, 5.41) is 19.6. The summed E-state index contributed by atoms with van der Waals surface area (Å²) < 4.78 is 39.3. The van der Waals surface area contributed by atoms with Gasteiger partial charge in [0.15, 0.2) is 0 Å². The molecule has 1 atom stereocenters. The maximum Gasteiger partial charge on any atom is 0.321 e. The van der Waals surface area contributed by atoms with Gasteiger partial charge in [0.05, 0.1) is 9.82 Å². The number of rotatable bonds is 8. The minimum Gasteiger partial charge on any atom is -0.480 e. The Labute approximate surface area is 129 Å². The van der Waals surface area contributed by atoms with Crippen LogP contribution in [-0.4, -0.2) is 42.5 Å². The van der Waals surface area contributed by atoms with Crippen LogP contribution in [0.25, 0.3) is 0 Å². The van der Waals surface area contributed by atoms with Gasteiger partial charge in [0.1, 0.15) is 6.04 Å².